The summed E-state index contributed by atoms with van der Waals surface area (Å²) >= 11 is 0. The van der Waals surface area contributed by atoms with Crippen molar-refractivity contribution in [3.05, 3.63) is 65.5 Å². The third kappa shape index (κ3) is 4.56. The van der Waals surface area contributed by atoms with Crippen LogP contribution in [0, 0.1) is 11.2 Å². The molecule has 0 aliphatic carbocycles. The van der Waals surface area contributed by atoms with Gasteiger partial charge in [0.25, 0.3) is 0 Å². The number of benzene rings is 2. The van der Waals surface area contributed by atoms with Gasteiger partial charge in [0.2, 0.25) is 0 Å². The van der Waals surface area contributed by atoms with Gasteiger partial charge in [0.05, 0.1) is 0 Å². The molecule has 1 spiro atoms. The molecule has 2 aliphatic rings. The first-order chi connectivity index (χ1) is 12.2. The van der Waals surface area contributed by atoms with E-state index in [9.17, 15) is 4.39 Å². The molecule has 0 radical (unpaired) electrons. The number of hydrogen-bond donors (Lipinski definition) is 1. The molecule has 0 bridgehead atoms. The molecular formula is C21H26ClFN2O. The summed E-state index contributed by atoms with van der Waals surface area (Å²) in [5.41, 5.74) is 2.78. The molecule has 1 unspecified atom stereocenters. The molecule has 1 atom stereocenters. The Bertz CT molecular complexity index is 716. The minimum atomic E-state index is -0.216. The van der Waals surface area contributed by atoms with E-state index < -0.39 is 0 Å². The second-order valence-corrected chi connectivity index (χ2v) is 7.45. The molecule has 0 aromatic heterocycles. The van der Waals surface area contributed by atoms with Crippen LogP contribution in [0.15, 0.2) is 48.5 Å². The lowest BCUT2D eigenvalue weighted by molar-refractivity contribution is 0.267. The third-order valence-electron chi connectivity index (χ3n) is 5.47. The molecule has 140 valence electrons. The summed E-state index contributed by atoms with van der Waals surface area (Å²) in [4.78, 5) is 2.56. The number of halogens is 2. The number of ether oxygens (including phenoxy) is 1. The normalized spacial score (nSPS) is 22.5. The predicted octanol–water partition coefficient (Wildman–Crippen LogP) is 4.01. The van der Waals surface area contributed by atoms with Crippen LogP contribution in [0.5, 0.6) is 5.75 Å². The first-order valence-electron chi connectivity index (χ1n) is 9.10. The van der Waals surface area contributed by atoms with Crippen LogP contribution in [0.2, 0.25) is 0 Å². The van der Waals surface area contributed by atoms with E-state index in [1.54, 1.807) is 12.1 Å². The minimum Gasteiger partial charge on any atom is -0.489 e. The Balaban J connectivity index is 0.00000196. The van der Waals surface area contributed by atoms with Crippen molar-refractivity contribution in [2.45, 2.75) is 26.0 Å². The molecular weight excluding hydrogens is 351 g/mol. The lowest BCUT2D eigenvalue weighted by atomic mass is 9.86. The first-order valence-corrected chi connectivity index (χ1v) is 9.10. The average Bonchev–Trinajstić information content (AvgIpc) is 3.25. The Kier molecular flexibility index (Phi) is 6.17. The zero-order chi connectivity index (χ0) is 17.1. The van der Waals surface area contributed by atoms with Crippen LogP contribution < -0.4 is 10.1 Å². The maximum atomic E-state index is 13.0. The fourth-order valence-electron chi connectivity index (χ4n) is 4.05. The van der Waals surface area contributed by atoms with E-state index in [-0.39, 0.29) is 18.2 Å². The Labute approximate surface area is 161 Å². The van der Waals surface area contributed by atoms with Crippen molar-refractivity contribution in [1.29, 1.82) is 0 Å². The smallest absolute Gasteiger partial charge is 0.123 e. The quantitative estimate of drug-likeness (QED) is 0.853. The van der Waals surface area contributed by atoms with Crippen LogP contribution >= 0.6 is 12.4 Å². The SMILES string of the molecule is Cl.Fc1ccc(COc2cccc(CN3CCC4(CCNC4)C3)c2)cc1. The maximum absolute atomic E-state index is 13.0. The molecule has 3 nitrogen and oxygen atoms in total. The summed E-state index contributed by atoms with van der Waals surface area (Å²) < 4.78 is 18.8. The van der Waals surface area contributed by atoms with Crippen LogP contribution in [0.25, 0.3) is 0 Å². The lowest BCUT2D eigenvalue weighted by Gasteiger charge is -2.23. The van der Waals surface area contributed by atoms with Crippen molar-refractivity contribution in [3.8, 4) is 5.75 Å². The van der Waals surface area contributed by atoms with Crippen LogP contribution in [0.1, 0.15) is 24.0 Å². The highest BCUT2D eigenvalue weighted by Crippen LogP contribution is 2.36. The topological polar surface area (TPSA) is 24.5 Å². The Hall–Kier alpha value is -1.62. The zero-order valence-corrected chi connectivity index (χ0v) is 15.7. The molecule has 0 saturated carbocycles. The van der Waals surface area contributed by atoms with Crippen molar-refractivity contribution in [3.63, 3.8) is 0 Å². The largest absolute Gasteiger partial charge is 0.489 e. The zero-order valence-electron chi connectivity index (χ0n) is 14.9. The second-order valence-electron chi connectivity index (χ2n) is 7.45. The fraction of sp³-hybridized carbons (Fsp3) is 0.429. The molecule has 2 aromatic rings. The fourth-order valence-corrected chi connectivity index (χ4v) is 4.05. The van der Waals surface area contributed by atoms with Crippen LogP contribution in [0.4, 0.5) is 4.39 Å². The highest BCUT2D eigenvalue weighted by Gasteiger charge is 2.39. The highest BCUT2D eigenvalue weighted by molar-refractivity contribution is 5.85. The molecule has 1 N–H and O–H groups in total. The third-order valence-corrected chi connectivity index (χ3v) is 5.47. The van der Waals surface area contributed by atoms with Crippen molar-refractivity contribution >= 4 is 12.4 Å². The summed E-state index contributed by atoms with van der Waals surface area (Å²) in [5, 5.41) is 3.51. The first kappa shape index (κ1) is 19.2. The Morgan fingerprint density at radius 3 is 2.69 bits per heavy atom. The molecule has 2 fully saturated rings. The van der Waals surface area contributed by atoms with Gasteiger partial charge in [-0.05, 0) is 66.7 Å². The van der Waals surface area contributed by atoms with Gasteiger partial charge in [0.1, 0.15) is 18.2 Å². The van der Waals surface area contributed by atoms with Gasteiger partial charge >= 0.3 is 0 Å². The average molecular weight is 377 g/mol. The maximum Gasteiger partial charge on any atom is 0.123 e. The standard InChI is InChI=1S/C21H25FN2O.ClH/c22-19-6-4-17(5-7-19)14-25-20-3-1-2-18(12-20)13-24-11-9-21(16-24)8-10-23-15-21;/h1-7,12,23H,8-11,13-16H2;1H. The van der Waals surface area contributed by atoms with Gasteiger partial charge in [-0.2, -0.15) is 0 Å². The summed E-state index contributed by atoms with van der Waals surface area (Å²) in [6, 6.07) is 14.8. The lowest BCUT2D eigenvalue weighted by Crippen LogP contribution is -2.28. The van der Waals surface area contributed by atoms with E-state index >= 15 is 0 Å². The van der Waals surface area contributed by atoms with E-state index in [0.717, 1.165) is 17.9 Å². The Morgan fingerprint density at radius 1 is 1.08 bits per heavy atom. The number of nitrogens with one attached hydrogen (secondary N) is 1. The summed E-state index contributed by atoms with van der Waals surface area (Å²) in [6.07, 6.45) is 2.62. The van der Waals surface area contributed by atoms with E-state index in [2.05, 4.69) is 28.4 Å². The molecule has 4 rings (SSSR count). The number of hydrogen-bond acceptors (Lipinski definition) is 3. The van der Waals surface area contributed by atoms with E-state index in [0.29, 0.717) is 12.0 Å². The molecule has 0 amide bonds. The van der Waals surface area contributed by atoms with Gasteiger partial charge < -0.3 is 10.1 Å². The van der Waals surface area contributed by atoms with Crippen molar-refractivity contribution in [2.75, 3.05) is 26.2 Å². The van der Waals surface area contributed by atoms with Gasteiger partial charge in [-0.15, -0.1) is 12.4 Å². The monoisotopic (exact) mass is 376 g/mol. The molecule has 2 aromatic carbocycles. The highest BCUT2D eigenvalue weighted by atomic mass is 35.5. The number of likely N-dealkylation sites (tertiary alicyclic amines) is 1. The molecule has 2 heterocycles. The van der Waals surface area contributed by atoms with Gasteiger partial charge in [0, 0.05) is 19.6 Å². The van der Waals surface area contributed by atoms with Crippen LogP contribution in [-0.4, -0.2) is 31.1 Å². The van der Waals surface area contributed by atoms with Gasteiger partial charge in [-0.3, -0.25) is 4.90 Å². The van der Waals surface area contributed by atoms with Gasteiger partial charge in [-0.1, -0.05) is 24.3 Å². The molecule has 2 saturated heterocycles. The summed E-state index contributed by atoms with van der Waals surface area (Å²) in [5.74, 6) is 0.657. The van der Waals surface area contributed by atoms with Gasteiger partial charge in [0.15, 0.2) is 0 Å². The molecule has 26 heavy (non-hydrogen) atoms. The van der Waals surface area contributed by atoms with Crippen molar-refractivity contribution in [1.82, 2.24) is 10.2 Å². The van der Waals surface area contributed by atoms with Crippen molar-refractivity contribution < 1.29 is 9.13 Å². The van der Waals surface area contributed by atoms with E-state index in [1.807, 2.05) is 6.07 Å². The van der Waals surface area contributed by atoms with Gasteiger partial charge in [-0.25, -0.2) is 4.39 Å². The van der Waals surface area contributed by atoms with E-state index in [1.165, 1.54) is 56.7 Å². The summed E-state index contributed by atoms with van der Waals surface area (Å²) in [7, 11) is 0. The Morgan fingerprint density at radius 2 is 1.92 bits per heavy atom. The van der Waals surface area contributed by atoms with Crippen LogP contribution in [0.3, 0.4) is 0 Å². The molecule has 5 heteroatoms. The second kappa shape index (κ2) is 8.38. The summed E-state index contributed by atoms with van der Waals surface area (Å²) in [6.45, 7) is 6.16. The predicted molar refractivity (Wildman–Crippen MR) is 104 cm³/mol. The van der Waals surface area contributed by atoms with E-state index in [4.69, 9.17) is 4.74 Å². The molecule has 2 aliphatic heterocycles. The number of nitrogens with zero attached hydrogens (tertiary/aromatic N) is 1. The minimum absolute atomic E-state index is 0. The number of rotatable bonds is 5. The van der Waals surface area contributed by atoms with Crippen LogP contribution in [-0.2, 0) is 13.2 Å². The van der Waals surface area contributed by atoms with Crippen molar-refractivity contribution in [2.24, 2.45) is 5.41 Å².